The van der Waals surface area contributed by atoms with Crippen molar-refractivity contribution >= 4 is 27.0 Å². The SMILES string of the molecule is CN(C)S(=O)(=O)c1cccc(CSC(N)=NN)c1. The fourth-order valence-corrected chi connectivity index (χ4v) is 2.74. The summed E-state index contributed by atoms with van der Waals surface area (Å²) in [5.41, 5.74) is 6.30. The number of thioether (sulfide) groups is 1. The molecule has 8 heteroatoms. The van der Waals surface area contributed by atoms with Crippen LogP contribution in [-0.4, -0.2) is 32.0 Å². The van der Waals surface area contributed by atoms with Crippen molar-refractivity contribution in [2.24, 2.45) is 16.7 Å². The van der Waals surface area contributed by atoms with Crippen molar-refractivity contribution in [3.63, 3.8) is 0 Å². The van der Waals surface area contributed by atoms with Gasteiger partial charge in [-0.1, -0.05) is 23.9 Å². The average molecular weight is 288 g/mol. The summed E-state index contributed by atoms with van der Waals surface area (Å²) in [6.07, 6.45) is 0. The van der Waals surface area contributed by atoms with Crippen LogP contribution in [0.5, 0.6) is 0 Å². The van der Waals surface area contributed by atoms with Crippen molar-refractivity contribution in [1.29, 1.82) is 0 Å². The second-order valence-electron chi connectivity index (χ2n) is 3.69. The van der Waals surface area contributed by atoms with E-state index in [1.807, 2.05) is 6.07 Å². The molecule has 0 fully saturated rings. The molecule has 1 rings (SSSR count). The molecule has 0 saturated heterocycles. The Bertz CT molecular complexity index is 541. The van der Waals surface area contributed by atoms with Crippen molar-refractivity contribution < 1.29 is 8.42 Å². The van der Waals surface area contributed by atoms with E-state index in [-0.39, 0.29) is 10.1 Å². The quantitative estimate of drug-likeness (QED) is 0.360. The molecular weight excluding hydrogens is 272 g/mol. The third-order valence-electron chi connectivity index (χ3n) is 2.19. The van der Waals surface area contributed by atoms with Crippen LogP contribution in [0.3, 0.4) is 0 Å². The van der Waals surface area contributed by atoms with E-state index in [2.05, 4.69) is 5.10 Å². The summed E-state index contributed by atoms with van der Waals surface area (Å²) in [4.78, 5) is 0.258. The fourth-order valence-electron chi connectivity index (χ4n) is 1.20. The molecule has 4 N–H and O–H groups in total. The minimum absolute atomic E-state index is 0.258. The van der Waals surface area contributed by atoms with Crippen LogP contribution < -0.4 is 11.6 Å². The minimum atomic E-state index is -3.41. The Labute approximate surface area is 111 Å². The lowest BCUT2D eigenvalue weighted by Crippen LogP contribution is -2.22. The van der Waals surface area contributed by atoms with Gasteiger partial charge in [0, 0.05) is 19.8 Å². The second-order valence-corrected chi connectivity index (χ2v) is 6.84. The molecule has 0 aliphatic heterocycles. The number of rotatable bonds is 4. The first kappa shape index (κ1) is 14.8. The zero-order valence-electron chi connectivity index (χ0n) is 10.2. The van der Waals surface area contributed by atoms with Crippen LogP contribution in [0.25, 0.3) is 0 Å². The van der Waals surface area contributed by atoms with Gasteiger partial charge in [0.25, 0.3) is 0 Å². The maximum absolute atomic E-state index is 11.9. The van der Waals surface area contributed by atoms with E-state index in [0.29, 0.717) is 5.75 Å². The van der Waals surface area contributed by atoms with Crippen molar-refractivity contribution in [1.82, 2.24) is 4.31 Å². The summed E-state index contributed by atoms with van der Waals surface area (Å²) in [5, 5.41) is 3.59. The van der Waals surface area contributed by atoms with Crippen LogP contribution in [0.15, 0.2) is 34.3 Å². The van der Waals surface area contributed by atoms with Gasteiger partial charge in [-0.3, -0.25) is 0 Å². The van der Waals surface area contributed by atoms with Crippen molar-refractivity contribution in [3.05, 3.63) is 29.8 Å². The second kappa shape index (κ2) is 6.07. The van der Waals surface area contributed by atoms with Gasteiger partial charge < -0.3 is 11.6 Å². The zero-order valence-corrected chi connectivity index (χ0v) is 11.8. The van der Waals surface area contributed by atoms with E-state index < -0.39 is 10.0 Å². The highest BCUT2D eigenvalue weighted by atomic mass is 32.2. The van der Waals surface area contributed by atoms with Crippen molar-refractivity contribution in [2.75, 3.05) is 14.1 Å². The highest BCUT2D eigenvalue weighted by Gasteiger charge is 2.17. The Morgan fingerprint density at radius 1 is 1.44 bits per heavy atom. The van der Waals surface area contributed by atoms with E-state index in [1.165, 1.54) is 30.2 Å². The maximum Gasteiger partial charge on any atom is 0.242 e. The molecule has 0 aliphatic rings. The van der Waals surface area contributed by atoms with Gasteiger partial charge in [-0.25, -0.2) is 12.7 Å². The van der Waals surface area contributed by atoms with E-state index in [1.54, 1.807) is 18.2 Å². The average Bonchev–Trinajstić information content (AvgIpc) is 2.36. The third-order valence-corrected chi connectivity index (χ3v) is 4.88. The first-order valence-corrected chi connectivity index (χ1v) is 7.48. The van der Waals surface area contributed by atoms with E-state index >= 15 is 0 Å². The van der Waals surface area contributed by atoms with Gasteiger partial charge >= 0.3 is 0 Å². The molecule has 0 atom stereocenters. The van der Waals surface area contributed by atoms with Gasteiger partial charge in [-0.05, 0) is 17.7 Å². The summed E-state index contributed by atoms with van der Waals surface area (Å²) in [7, 11) is -0.414. The number of nitrogens with zero attached hydrogens (tertiary/aromatic N) is 2. The van der Waals surface area contributed by atoms with Gasteiger partial charge in [-0.15, -0.1) is 0 Å². The van der Waals surface area contributed by atoms with Crippen LogP contribution in [0.1, 0.15) is 5.56 Å². The lowest BCUT2D eigenvalue weighted by atomic mass is 10.2. The molecule has 6 nitrogen and oxygen atoms in total. The third kappa shape index (κ3) is 3.62. The van der Waals surface area contributed by atoms with Crippen LogP contribution in [0.2, 0.25) is 0 Å². The van der Waals surface area contributed by atoms with E-state index in [9.17, 15) is 8.42 Å². The predicted octanol–water partition coefficient (Wildman–Crippen LogP) is 0.359. The van der Waals surface area contributed by atoms with Gasteiger partial charge in [0.1, 0.15) is 0 Å². The molecular formula is C10H16N4O2S2. The van der Waals surface area contributed by atoms with Crippen LogP contribution in [-0.2, 0) is 15.8 Å². The number of hydrogen-bond acceptors (Lipinski definition) is 5. The Balaban J connectivity index is 2.93. The fraction of sp³-hybridized carbons (Fsp3) is 0.300. The predicted molar refractivity (Wildman–Crippen MR) is 74.4 cm³/mol. The monoisotopic (exact) mass is 288 g/mol. The molecule has 0 amide bonds. The topological polar surface area (TPSA) is 102 Å². The molecule has 0 spiro atoms. The molecule has 0 aromatic heterocycles. The first-order chi connectivity index (χ1) is 8.37. The highest BCUT2D eigenvalue weighted by molar-refractivity contribution is 8.13. The first-order valence-electron chi connectivity index (χ1n) is 5.05. The number of nitrogens with two attached hydrogens (primary N) is 2. The normalized spacial score (nSPS) is 12.9. The molecule has 18 heavy (non-hydrogen) atoms. The van der Waals surface area contributed by atoms with Crippen LogP contribution >= 0.6 is 11.8 Å². The van der Waals surface area contributed by atoms with Crippen molar-refractivity contribution in [2.45, 2.75) is 10.6 Å². The van der Waals surface area contributed by atoms with E-state index in [4.69, 9.17) is 11.6 Å². The lowest BCUT2D eigenvalue weighted by molar-refractivity contribution is 0.520. The Morgan fingerprint density at radius 3 is 2.67 bits per heavy atom. The molecule has 0 heterocycles. The standard InChI is InChI=1S/C10H16N4O2S2/c1-14(2)18(15,16)9-5-3-4-8(6-9)7-17-10(11)13-12/h3-6H,7,12H2,1-2H3,(H2,11,13). The van der Waals surface area contributed by atoms with E-state index in [0.717, 1.165) is 5.56 Å². The maximum atomic E-state index is 11.9. The number of benzene rings is 1. The summed E-state index contributed by atoms with van der Waals surface area (Å²) in [5.74, 6) is 5.53. The van der Waals surface area contributed by atoms with Crippen molar-refractivity contribution in [3.8, 4) is 0 Å². The number of hydrogen-bond donors (Lipinski definition) is 2. The molecule has 0 aliphatic carbocycles. The molecule has 0 bridgehead atoms. The highest BCUT2D eigenvalue weighted by Crippen LogP contribution is 2.18. The molecule has 0 saturated carbocycles. The number of amidine groups is 1. The minimum Gasteiger partial charge on any atom is -0.377 e. The van der Waals surface area contributed by atoms with Crippen LogP contribution in [0, 0.1) is 0 Å². The molecule has 1 aromatic carbocycles. The molecule has 1 aromatic rings. The Kier molecular flexibility index (Phi) is 5.00. The Hall–Kier alpha value is -1.25. The van der Waals surface area contributed by atoms with Gasteiger partial charge in [0.2, 0.25) is 10.0 Å². The largest absolute Gasteiger partial charge is 0.377 e. The number of hydrazone groups is 1. The number of sulfonamides is 1. The molecule has 0 unspecified atom stereocenters. The summed E-state index contributed by atoms with van der Waals surface area (Å²) in [6, 6.07) is 6.70. The summed E-state index contributed by atoms with van der Waals surface area (Å²) in [6.45, 7) is 0. The van der Waals surface area contributed by atoms with Gasteiger partial charge in [0.15, 0.2) is 5.17 Å². The Morgan fingerprint density at radius 2 is 2.11 bits per heavy atom. The van der Waals surface area contributed by atoms with Gasteiger partial charge in [0.05, 0.1) is 4.90 Å². The lowest BCUT2D eigenvalue weighted by Gasteiger charge is -2.12. The smallest absolute Gasteiger partial charge is 0.242 e. The molecule has 0 radical (unpaired) electrons. The summed E-state index contributed by atoms with van der Waals surface area (Å²) < 4.78 is 25.0. The van der Waals surface area contributed by atoms with Gasteiger partial charge in [-0.2, -0.15) is 5.10 Å². The molecule has 100 valence electrons. The zero-order chi connectivity index (χ0) is 13.8. The summed E-state index contributed by atoms with van der Waals surface area (Å²) >= 11 is 1.25. The van der Waals surface area contributed by atoms with Crippen LogP contribution in [0.4, 0.5) is 0 Å².